The lowest BCUT2D eigenvalue weighted by atomic mass is 10.1. The van der Waals surface area contributed by atoms with E-state index in [1.165, 1.54) is 14.0 Å². The van der Waals surface area contributed by atoms with Crippen molar-refractivity contribution in [3.63, 3.8) is 0 Å². The zero-order chi connectivity index (χ0) is 14.7. The van der Waals surface area contributed by atoms with Gasteiger partial charge in [-0.25, -0.2) is 4.79 Å². The quantitative estimate of drug-likeness (QED) is 0.443. The van der Waals surface area contributed by atoms with E-state index >= 15 is 0 Å². The summed E-state index contributed by atoms with van der Waals surface area (Å²) >= 11 is 0. The minimum atomic E-state index is -0.654. The Hall–Kier alpha value is -1.14. The molecular formula is C13H26N2O4. The first-order chi connectivity index (χ1) is 8.97. The van der Waals surface area contributed by atoms with E-state index in [0.717, 1.165) is 13.0 Å². The zero-order valence-electron chi connectivity index (χ0n) is 12.3. The summed E-state index contributed by atoms with van der Waals surface area (Å²) in [7, 11) is 1.30. The van der Waals surface area contributed by atoms with Crippen molar-refractivity contribution in [3.05, 3.63) is 0 Å². The Morgan fingerprint density at radius 2 is 1.89 bits per heavy atom. The summed E-state index contributed by atoms with van der Waals surface area (Å²) in [6, 6.07) is -0.654. The Kier molecular flexibility index (Phi) is 10.1. The first-order valence-corrected chi connectivity index (χ1v) is 6.60. The molecule has 6 heteroatoms. The van der Waals surface area contributed by atoms with Crippen LogP contribution in [0.15, 0.2) is 0 Å². The van der Waals surface area contributed by atoms with E-state index in [9.17, 15) is 9.59 Å². The normalized spacial score (nSPS) is 12.3. The van der Waals surface area contributed by atoms with Crippen molar-refractivity contribution in [1.29, 1.82) is 0 Å². The van der Waals surface area contributed by atoms with Crippen LogP contribution in [0.1, 0.15) is 27.2 Å². The number of hydrogen-bond donors (Lipinski definition) is 2. The maximum Gasteiger partial charge on any atom is 0.329 e. The smallest absolute Gasteiger partial charge is 0.329 e. The Balaban J connectivity index is 3.69. The van der Waals surface area contributed by atoms with E-state index in [1.54, 1.807) is 0 Å². The third-order valence-corrected chi connectivity index (χ3v) is 2.47. The van der Waals surface area contributed by atoms with Crippen molar-refractivity contribution in [2.75, 3.05) is 33.4 Å². The Bertz CT molecular complexity index is 269. The average Bonchev–Trinajstić information content (AvgIpc) is 2.34. The van der Waals surface area contributed by atoms with Crippen molar-refractivity contribution in [2.45, 2.75) is 33.2 Å². The molecule has 0 rings (SSSR count). The second-order valence-electron chi connectivity index (χ2n) is 4.78. The van der Waals surface area contributed by atoms with Gasteiger partial charge in [0.25, 0.3) is 0 Å². The van der Waals surface area contributed by atoms with Crippen LogP contribution in [0.3, 0.4) is 0 Å². The molecule has 0 spiro atoms. The van der Waals surface area contributed by atoms with Gasteiger partial charge >= 0.3 is 5.97 Å². The summed E-state index contributed by atoms with van der Waals surface area (Å²) in [5.41, 5.74) is 0. The van der Waals surface area contributed by atoms with Gasteiger partial charge in [0.05, 0.1) is 13.7 Å². The van der Waals surface area contributed by atoms with Gasteiger partial charge in [-0.3, -0.25) is 4.79 Å². The van der Waals surface area contributed by atoms with Crippen molar-refractivity contribution in [3.8, 4) is 0 Å². The van der Waals surface area contributed by atoms with Gasteiger partial charge in [0.15, 0.2) is 0 Å². The third-order valence-electron chi connectivity index (χ3n) is 2.47. The molecule has 1 atom stereocenters. The lowest BCUT2D eigenvalue weighted by molar-refractivity contribution is -0.144. The number of methoxy groups -OCH3 is 1. The fraction of sp³-hybridized carbons (Fsp3) is 0.846. The summed E-state index contributed by atoms with van der Waals surface area (Å²) in [6.07, 6.45) is 1.04. The van der Waals surface area contributed by atoms with E-state index in [4.69, 9.17) is 4.74 Å². The van der Waals surface area contributed by atoms with E-state index in [-0.39, 0.29) is 5.91 Å². The Labute approximate surface area is 115 Å². The summed E-state index contributed by atoms with van der Waals surface area (Å²) in [4.78, 5) is 22.3. The molecule has 0 aliphatic carbocycles. The van der Waals surface area contributed by atoms with Crippen LogP contribution in [-0.2, 0) is 19.1 Å². The monoisotopic (exact) mass is 274 g/mol. The molecule has 0 bridgehead atoms. The molecule has 112 valence electrons. The van der Waals surface area contributed by atoms with Gasteiger partial charge in [-0.2, -0.15) is 0 Å². The maximum absolute atomic E-state index is 11.4. The van der Waals surface area contributed by atoms with Crippen molar-refractivity contribution < 1.29 is 19.1 Å². The van der Waals surface area contributed by atoms with Crippen molar-refractivity contribution >= 4 is 11.9 Å². The molecule has 0 aromatic heterocycles. The fourth-order valence-corrected chi connectivity index (χ4v) is 1.39. The molecule has 0 saturated heterocycles. The van der Waals surface area contributed by atoms with Crippen LogP contribution in [0.5, 0.6) is 0 Å². The minimum Gasteiger partial charge on any atom is -0.467 e. The lowest BCUT2D eigenvalue weighted by Gasteiger charge is -2.16. The van der Waals surface area contributed by atoms with Crippen LogP contribution in [0.4, 0.5) is 0 Å². The zero-order valence-corrected chi connectivity index (χ0v) is 12.3. The number of amides is 1. The van der Waals surface area contributed by atoms with Crippen molar-refractivity contribution in [2.24, 2.45) is 5.92 Å². The van der Waals surface area contributed by atoms with E-state index in [2.05, 4.69) is 29.2 Å². The first kappa shape index (κ1) is 17.9. The molecule has 19 heavy (non-hydrogen) atoms. The number of rotatable bonds is 10. The standard InChI is InChI=1S/C13H26N2O4/c1-10(2)5-7-19-8-6-14-9-12(13(17)18-4)15-11(3)16/h10,12,14H,5-9H2,1-4H3,(H,15,16). The molecule has 2 N–H and O–H groups in total. The molecule has 0 heterocycles. The molecular weight excluding hydrogens is 248 g/mol. The Morgan fingerprint density at radius 3 is 2.42 bits per heavy atom. The van der Waals surface area contributed by atoms with Gasteiger partial charge in [0.2, 0.25) is 5.91 Å². The molecule has 0 radical (unpaired) electrons. The topological polar surface area (TPSA) is 76.7 Å². The third kappa shape index (κ3) is 10.5. The highest BCUT2D eigenvalue weighted by molar-refractivity contribution is 5.83. The second kappa shape index (κ2) is 10.8. The van der Waals surface area contributed by atoms with Gasteiger partial charge in [-0.15, -0.1) is 0 Å². The Morgan fingerprint density at radius 1 is 1.21 bits per heavy atom. The SMILES string of the molecule is COC(=O)C(CNCCOCCC(C)C)NC(C)=O. The summed E-state index contributed by atoms with van der Waals surface area (Å²) in [6.45, 7) is 7.95. The molecule has 1 unspecified atom stereocenters. The van der Waals surface area contributed by atoms with E-state index < -0.39 is 12.0 Å². The average molecular weight is 274 g/mol. The van der Waals surface area contributed by atoms with Crippen LogP contribution in [-0.4, -0.2) is 51.3 Å². The van der Waals surface area contributed by atoms with Crippen LogP contribution >= 0.6 is 0 Å². The summed E-state index contributed by atoms with van der Waals surface area (Å²) < 4.78 is 10.0. The molecule has 0 aromatic rings. The highest BCUT2D eigenvalue weighted by Crippen LogP contribution is 1.98. The van der Waals surface area contributed by atoms with Crippen LogP contribution in [0.2, 0.25) is 0 Å². The summed E-state index contributed by atoms with van der Waals surface area (Å²) in [5, 5.41) is 5.58. The molecule has 0 fully saturated rings. The van der Waals surface area contributed by atoms with Crippen LogP contribution < -0.4 is 10.6 Å². The number of carbonyl (C=O) groups is 2. The molecule has 6 nitrogen and oxygen atoms in total. The summed E-state index contributed by atoms with van der Waals surface area (Å²) in [5.74, 6) is -0.0785. The van der Waals surface area contributed by atoms with Gasteiger partial charge in [0.1, 0.15) is 6.04 Å². The van der Waals surface area contributed by atoms with Crippen LogP contribution in [0.25, 0.3) is 0 Å². The highest BCUT2D eigenvalue weighted by atomic mass is 16.5. The largest absolute Gasteiger partial charge is 0.467 e. The first-order valence-electron chi connectivity index (χ1n) is 6.60. The number of ether oxygens (including phenoxy) is 2. The fourth-order valence-electron chi connectivity index (χ4n) is 1.39. The van der Waals surface area contributed by atoms with Crippen LogP contribution in [0, 0.1) is 5.92 Å². The van der Waals surface area contributed by atoms with Gasteiger partial charge in [0, 0.05) is 26.6 Å². The number of esters is 1. The molecule has 0 aromatic carbocycles. The molecule has 0 saturated carbocycles. The molecule has 1 amide bonds. The minimum absolute atomic E-state index is 0.259. The van der Waals surface area contributed by atoms with Gasteiger partial charge in [-0.1, -0.05) is 13.8 Å². The second-order valence-corrected chi connectivity index (χ2v) is 4.78. The highest BCUT2D eigenvalue weighted by Gasteiger charge is 2.19. The predicted octanol–water partition coefficient (Wildman–Crippen LogP) is 0.316. The molecule has 0 aliphatic rings. The lowest BCUT2D eigenvalue weighted by Crippen LogP contribution is -2.47. The number of hydrogen-bond acceptors (Lipinski definition) is 5. The maximum atomic E-state index is 11.4. The number of nitrogens with one attached hydrogen (secondary N) is 2. The van der Waals surface area contributed by atoms with E-state index in [1.807, 2.05) is 0 Å². The van der Waals surface area contributed by atoms with Gasteiger partial charge < -0.3 is 20.1 Å². The number of carbonyl (C=O) groups excluding carboxylic acids is 2. The van der Waals surface area contributed by atoms with E-state index in [0.29, 0.717) is 25.6 Å². The molecule has 0 aliphatic heterocycles. The van der Waals surface area contributed by atoms with Gasteiger partial charge in [-0.05, 0) is 12.3 Å². The predicted molar refractivity (Wildman–Crippen MR) is 72.8 cm³/mol. The van der Waals surface area contributed by atoms with Crippen molar-refractivity contribution in [1.82, 2.24) is 10.6 Å².